The Morgan fingerprint density at radius 1 is 0.680 bits per heavy atom. The van der Waals surface area contributed by atoms with E-state index in [9.17, 15) is 0 Å². The third-order valence-corrected chi connectivity index (χ3v) is 4.55. The summed E-state index contributed by atoms with van der Waals surface area (Å²) in [5, 5.41) is 0. The number of hydrogen-bond donors (Lipinski definition) is 0. The summed E-state index contributed by atoms with van der Waals surface area (Å²) in [7, 11) is 0. The minimum atomic E-state index is 0.486. The summed E-state index contributed by atoms with van der Waals surface area (Å²) in [5.41, 5.74) is 2.89. The Labute approximate surface area is 154 Å². The summed E-state index contributed by atoms with van der Waals surface area (Å²) >= 11 is 0. The summed E-state index contributed by atoms with van der Waals surface area (Å²) in [4.78, 5) is 0. The van der Waals surface area contributed by atoms with E-state index in [1.54, 1.807) is 0 Å². The van der Waals surface area contributed by atoms with Gasteiger partial charge in [-0.05, 0) is 29.9 Å². The standard InChI is InChI=1S/C24H34O/c1-24(2,3)19-13-6-4-5-7-14-20-25-23-18-12-11-17-22(23)21-15-9-8-10-16-21/h8-12,15-18H,4-7,13-14,19-20H2,1-3H3. The van der Waals surface area contributed by atoms with Crippen LogP contribution in [-0.4, -0.2) is 6.61 Å². The van der Waals surface area contributed by atoms with Gasteiger partial charge in [-0.2, -0.15) is 0 Å². The van der Waals surface area contributed by atoms with Gasteiger partial charge in [-0.1, -0.05) is 101 Å². The van der Waals surface area contributed by atoms with Gasteiger partial charge in [0, 0.05) is 5.56 Å². The Morgan fingerprint density at radius 2 is 1.28 bits per heavy atom. The largest absolute Gasteiger partial charge is 0.493 e. The maximum atomic E-state index is 6.06. The van der Waals surface area contributed by atoms with Gasteiger partial charge in [0.25, 0.3) is 0 Å². The maximum Gasteiger partial charge on any atom is 0.127 e. The van der Waals surface area contributed by atoms with Gasteiger partial charge in [0.2, 0.25) is 0 Å². The Bertz CT molecular complexity index is 595. The molecule has 0 fully saturated rings. The van der Waals surface area contributed by atoms with Crippen molar-refractivity contribution in [1.29, 1.82) is 0 Å². The van der Waals surface area contributed by atoms with E-state index >= 15 is 0 Å². The lowest BCUT2D eigenvalue weighted by molar-refractivity contribution is 0.304. The molecule has 0 amide bonds. The number of hydrogen-bond acceptors (Lipinski definition) is 1. The number of unbranched alkanes of at least 4 members (excludes halogenated alkanes) is 5. The first-order valence-electron chi connectivity index (χ1n) is 9.83. The van der Waals surface area contributed by atoms with Crippen molar-refractivity contribution in [3.63, 3.8) is 0 Å². The van der Waals surface area contributed by atoms with Crippen molar-refractivity contribution < 1.29 is 4.74 Å². The third kappa shape index (κ3) is 7.77. The van der Waals surface area contributed by atoms with Crippen molar-refractivity contribution in [3.05, 3.63) is 54.6 Å². The first kappa shape index (κ1) is 19.6. The molecule has 0 spiro atoms. The minimum absolute atomic E-state index is 0.486. The molecule has 2 aromatic carbocycles. The van der Waals surface area contributed by atoms with Crippen molar-refractivity contribution in [3.8, 4) is 16.9 Å². The zero-order chi connectivity index (χ0) is 18.0. The molecule has 0 aromatic heterocycles. The molecule has 0 unspecified atom stereocenters. The maximum absolute atomic E-state index is 6.06. The summed E-state index contributed by atoms with van der Waals surface area (Å²) < 4.78 is 6.06. The number of ether oxygens (including phenoxy) is 1. The Balaban J connectivity index is 1.65. The van der Waals surface area contributed by atoms with Crippen molar-refractivity contribution in [2.45, 2.75) is 65.7 Å². The van der Waals surface area contributed by atoms with Crippen LogP contribution in [0.5, 0.6) is 5.75 Å². The highest BCUT2D eigenvalue weighted by Gasteiger charge is 2.08. The van der Waals surface area contributed by atoms with Gasteiger partial charge in [0.1, 0.15) is 5.75 Å². The summed E-state index contributed by atoms with van der Waals surface area (Å²) in [6, 6.07) is 18.8. The van der Waals surface area contributed by atoms with Crippen LogP contribution < -0.4 is 4.74 Å². The SMILES string of the molecule is CC(C)(C)CCCCCCCCOc1ccccc1-c1ccccc1. The zero-order valence-electron chi connectivity index (χ0n) is 16.3. The second-order valence-corrected chi connectivity index (χ2v) is 8.14. The van der Waals surface area contributed by atoms with E-state index in [2.05, 4.69) is 75.4 Å². The van der Waals surface area contributed by atoms with Gasteiger partial charge < -0.3 is 4.74 Å². The van der Waals surface area contributed by atoms with Gasteiger partial charge in [-0.15, -0.1) is 0 Å². The molecule has 2 rings (SSSR count). The molecule has 25 heavy (non-hydrogen) atoms. The molecule has 1 nitrogen and oxygen atoms in total. The molecule has 0 saturated heterocycles. The van der Waals surface area contributed by atoms with Crippen LogP contribution in [-0.2, 0) is 0 Å². The monoisotopic (exact) mass is 338 g/mol. The summed E-state index contributed by atoms with van der Waals surface area (Å²) in [6.07, 6.45) is 9.17. The lowest BCUT2D eigenvalue weighted by Crippen LogP contribution is -2.03. The van der Waals surface area contributed by atoms with E-state index in [1.165, 1.54) is 49.7 Å². The number of benzene rings is 2. The highest BCUT2D eigenvalue weighted by atomic mass is 16.5. The molecule has 0 radical (unpaired) electrons. The van der Waals surface area contributed by atoms with Crippen molar-refractivity contribution in [2.24, 2.45) is 5.41 Å². The van der Waals surface area contributed by atoms with Crippen LogP contribution in [0.2, 0.25) is 0 Å². The van der Waals surface area contributed by atoms with Crippen LogP contribution in [0.4, 0.5) is 0 Å². The average molecular weight is 339 g/mol. The quantitative estimate of drug-likeness (QED) is 0.407. The Kier molecular flexibility index (Phi) is 8.04. The first-order valence-corrected chi connectivity index (χ1v) is 9.83. The average Bonchev–Trinajstić information content (AvgIpc) is 2.60. The molecule has 0 aliphatic rings. The lowest BCUT2D eigenvalue weighted by atomic mass is 9.89. The second kappa shape index (κ2) is 10.3. The van der Waals surface area contributed by atoms with E-state index in [0.717, 1.165) is 18.8 Å². The molecule has 0 saturated carbocycles. The topological polar surface area (TPSA) is 9.23 Å². The molecular formula is C24H34O. The lowest BCUT2D eigenvalue weighted by Gasteiger charge is -2.17. The normalized spacial score (nSPS) is 11.5. The molecule has 2 aromatic rings. The van der Waals surface area contributed by atoms with Gasteiger partial charge in [0.15, 0.2) is 0 Å². The van der Waals surface area contributed by atoms with Crippen LogP contribution in [0.3, 0.4) is 0 Å². The minimum Gasteiger partial charge on any atom is -0.493 e. The van der Waals surface area contributed by atoms with Crippen LogP contribution >= 0.6 is 0 Å². The summed E-state index contributed by atoms with van der Waals surface area (Å²) in [6.45, 7) is 7.80. The Hall–Kier alpha value is -1.76. The number of rotatable bonds is 10. The molecule has 0 atom stereocenters. The van der Waals surface area contributed by atoms with Crippen molar-refractivity contribution >= 4 is 0 Å². The fourth-order valence-corrected chi connectivity index (χ4v) is 3.10. The second-order valence-electron chi connectivity index (χ2n) is 8.14. The van der Waals surface area contributed by atoms with E-state index < -0.39 is 0 Å². The van der Waals surface area contributed by atoms with Crippen molar-refractivity contribution in [1.82, 2.24) is 0 Å². The zero-order valence-corrected chi connectivity index (χ0v) is 16.3. The molecule has 1 heteroatoms. The van der Waals surface area contributed by atoms with Gasteiger partial charge in [-0.3, -0.25) is 0 Å². The molecule has 0 heterocycles. The third-order valence-electron chi connectivity index (χ3n) is 4.55. The highest BCUT2D eigenvalue weighted by Crippen LogP contribution is 2.29. The van der Waals surface area contributed by atoms with Crippen LogP contribution in [0.1, 0.15) is 65.7 Å². The predicted octanol–water partition coefficient (Wildman–Crippen LogP) is 7.51. The van der Waals surface area contributed by atoms with Gasteiger partial charge in [0.05, 0.1) is 6.61 Å². The fraction of sp³-hybridized carbons (Fsp3) is 0.500. The van der Waals surface area contributed by atoms with E-state index in [0.29, 0.717) is 5.41 Å². The predicted molar refractivity (Wildman–Crippen MR) is 109 cm³/mol. The summed E-state index contributed by atoms with van der Waals surface area (Å²) in [5.74, 6) is 0.999. The van der Waals surface area contributed by atoms with E-state index in [1.807, 2.05) is 0 Å². The number of para-hydroxylation sites is 1. The molecule has 0 aliphatic carbocycles. The van der Waals surface area contributed by atoms with Gasteiger partial charge >= 0.3 is 0 Å². The first-order chi connectivity index (χ1) is 12.1. The van der Waals surface area contributed by atoms with Crippen LogP contribution in [0, 0.1) is 5.41 Å². The Morgan fingerprint density at radius 3 is 2.00 bits per heavy atom. The van der Waals surface area contributed by atoms with Crippen LogP contribution in [0.25, 0.3) is 11.1 Å². The van der Waals surface area contributed by atoms with Crippen LogP contribution in [0.15, 0.2) is 54.6 Å². The molecule has 136 valence electrons. The van der Waals surface area contributed by atoms with Crippen molar-refractivity contribution in [2.75, 3.05) is 6.61 Å². The molecule has 0 aliphatic heterocycles. The highest BCUT2D eigenvalue weighted by molar-refractivity contribution is 5.70. The van der Waals surface area contributed by atoms with Gasteiger partial charge in [-0.25, -0.2) is 0 Å². The van der Waals surface area contributed by atoms with E-state index in [4.69, 9.17) is 4.74 Å². The fourth-order valence-electron chi connectivity index (χ4n) is 3.10. The smallest absolute Gasteiger partial charge is 0.127 e. The molecule has 0 bridgehead atoms. The molecule has 0 N–H and O–H groups in total. The molecular weight excluding hydrogens is 304 g/mol. The van der Waals surface area contributed by atoms with E-state index in [-0.39, 0.29) is 0 Å².